The zero-order valence-electron chi connectivity index (χ0n) is 12.4. The molecule has 110 valence electrons. The number of hydrogen-bond donors (Lipinski definition) is 1. The average Bonchev–Trinajstić information content (AvgIpc) is 2.50. The first-order chi connectivity index (χ1) is 10.1. The summed E-state index contributed by atoms with van der Waals surface area (Å²) in [6.07, 6.45) is 0.943. The van der Waals surface area contributed by atoms with Gasteiger partial charge in [-0.05, 0) is 59.0 Å². The molecule has 0 saturated heterocycles. The minimum Gasteiger partial charge on any atom is -0.352 e. The lowest BCUT2D eigenvalue weighted by atomic mass is 9.98. The monoisotopic (exact) mass is 393 g/mol. The van der Waals surface area contributed by atoms with Crippen molar-refractivity contribution >= 4 is 28.5 Å². The number of rotatable bonds is 5. The van der Waals surface area contributed by atoms with Gasteiger partial charge in [-0.1, -0.05) is 49.4 Å². The molecule has 0 aliphatic heterocycles. The van der Waals surface area contributed by atoms with E-state index in [0.29, 0.717) is 12.5 Å². The van der Waals surface area contributed by atoms with Gasteiger partial charge in [-0.15, -0.1) is 0 Å². The highest BCUT2D eigenvalue weighted by Crippen LogP contribution is 2.19. The van der Waals surface area contributed by atoms with E-state index in [4.69, 9.17) is 0 Å². The number of hydrogen-bond acceptors (Lipinski definition) is 1. The number of halogens is 1. The third-order valence-electron chi connectivity index (χ3n) is 3.67. The van der Waals surface area contributed by atoms with E-state index in [1.807, 2.05) is 31.2 Å². The van der Waals surface area contributed by atoms with Crippen LogP contribution in [0.25, 0.3) is 0 Å². The van der Waals surface area contributed by atoms with E-state index in [1.165, 1.54) is 5.56 Å². The largest absolute Gasteiger partial charge is 0.352 e. The molecule has 0 aliphatic rings. The summed E-state index contributed by atoms with van der Waals surface area (Å²) in [5, 5.41) is 3.02. The molecule has 0 bridgehead atoms. The zero-order valence-corrected chi connectivity index (χ0v) is 14.6. The van der Waals surface area contributed by atoms with Crippen molar-refractivity contribution in [3.05, 3.63) is 68.8 Å². The molecule has 0 spiro atoms. The molecule has 1 atom stereocenters. The molecular weight excluding hydrogens is 373 g/mol. The molecule has 0 saturated carbocycles. The van der Waals surface area contributed by atoms with Crippen LogP contribution in [0.4, 0.5) is 0 Å². The van der Waals surface area contributed by atoms with Crippen LogP contribution in [0.5, 0.6) is 0 Å². The van der Waals surface area contributed by atoms with Crippen molar-refractivity contribution < 1.29 is 4.79 Å². The normalized spacial score (nSPS) is 12.0. The van der Waals surface area contributed by atoms with Gasteiger partial charge in [-0.25, -0.2) is 0 Å². The molecule has 1 unspecified atom stereocenters. The molecule has 3 heteroatoms. The summed E-state index contributed by atoms with van der Waals surface area (Å²) in [6.45, 7) is 4.91. The van der Waals surface area contributed by atoms with Gasteiger partial charge >= 0.3 is 0 Å². The molecule has 0 fully saturated rings. The van der Waals surface area contributed by atoms with E-state index in [1.54, 1.807) is 0 Å². The van der Waals surface area contributed by atoms with Gasteiger partial charge in [0.15, 0.2) is 0 Å². The molecule has 1 amide bonds. The summed E-state index contributed by atoms with van der Waals surface area (Å²) >= 11 is 2.23. The van der Waals surface area contributed by atoms with E-state index in [-0.39, 0.29) is 5.91 Å². The highest BCUT2D eigenvalue weighted by atomic mass is 127. The number of carbonyl (C=O) groups excluding carboxylic acids is 1. The third kappa shape index (κ3) is 4.30. The van der Waals surface area contributed by atoms with Gasteiger partial charge in [0.2, 0.25) is 0 Å². The quantitative estimate of drug-likeness (QED) is 0.744. The molecule has 2 nitrogen and oxygen atoms in total. The number of nitrogens with one attached hydrogen (secondary N) is 1. The van der Waals surface area contributed by atoms with Gasteiger partial charge in [0.25, 0.3) is 5.91 Å². The number of carbonyl (C=O) groups is 1. The number of benzene rings is 2. The van der Waals surface area contributed by atoms with Crippen LogP contribution in [-0.2, 0) is 0 Å². The van der Waals surface area contributed by atoms with Crippen molar-refractivity contribution in [1.82, 2.24) is 5.32 Å². The van der Waals surface area contributed by atoms with Gasteiger partial charge < -0.3 is 5.32 Å². The standard InChI is InChI=1S/C18H20INO/c1-13(15-8-4-3-5-9-15)11-12-20-18(21)16-10-6-7-14(2)17(16)19/h3-10,13H,11-12H2,1-2H3,(H,20,21). The average molecular weight is 393 g/mol. The second kappa shape index (κ2) is 7.59. The number of aryl methyl sites for hydroxylation is 1. The Bertz CT molecular complexity index is 610. The second-order valence-corrected chi connectivity index (χ2v) is 6.37. The summed E-state index contributed by atoms with van der Waals surface area (Å²) in [6, 6.07) is 16.2. The Morgan fingerprint density at radius 2 is 1.86 bits per heavy atom. The minimum absolute atomic E-state index is 0.0170. The van der Waals surface area contributed by atoms with Crippen molar-refractivity contribution in [2.24, 2.45) is 0 Å². The topological polar surface area (TPSA) is 29.1 Å². The highest BCUT2D eigenvalue weighted by molar-refractivity contribution is 14.1. The Kier molecular flexibility index (Phi) is 5.79. The van der Waals surface area contributed by atoms with Crippen molar-refractivity contribution in [1.29, 1.82) is 0 Å². The van der Waals surface area contributed by atoms with Crippen molar-refractivity contribution in [3.8, 4) is 0 Å². The molecule has 0 radical (unpaired) electrons. The first kappa shape index (κ1) is 16.0. The van der Waals surface area contributed by atoms with Crippen LogP contribution in [0.2, 0.25) is 0 Å². The van der Waals surface area contributed by atoms with Crippen LogP contribution >= 0.6 is 22.6 Å². The zero-order chi connectivity index (χ0) is 15.2. The smallest absolute Gasteiger partial charge is 0.252 e. The predicted molar refractivity (Wildman–Crippen MR) is 95.7 cm³/mol. The first-order valence-corrected chi connectivity index (χ1v) is 8.25. The summed E-state index contributed by atoms with van der Waals surface area (Å²) in [7, 11) is 0. The van der Waals surface area contributed by atoms with Crippen molar-refractivity contribution in [3.63, 3.8) is 0 Å². The number of amides is 1. The maximum atomic E-state index is 12.2. The Morgan fingerprint density at radius 1 is 1.14 bits per heavy atom. The summed E-state index contributed by atoms with van der Waals surface area (Å²) in [5.41, 5.74) is 3.22. The van der Waals surface area contributed by atoms with Crippen LogP contribution in [0, 0.1) is 10.5 Å². The lowest BCUT2D eigenvalue weighted by molar-refractivity contribution is 0.0951. The van der Waals surface area contributed by atoms with E-state index in [9.17, 15) is 4.79 Å². The lowest BCUT2D eigenvalue weighted by Crippen LogP contribution is -2.26. The molecule has 2 aromatic carbocycles. The van der Waals surface area contributed by atoms with Gasteiger partial charge in [0, 0.05) is 10.1 Å². The van der Waals surface area contributed by atoms with Gasteiger partial charge in [-0.3, -0.25) is 4.79 Å². The van der Waals surface area contributed by atoms with Gasteiger partial charge in [0.05, 0.1) is 5.56 Å². The molecular formula is C18H20INO. The predicted octanol–water partition coefficient (Wildman–Crippen LogP) is 4.52. The summed E-state index contributed by atoms with van der Waals surface area (Å²) < 4.78 is 1.03. The summed E-state index contributed by atoms with van der Waals surface area (Å²) in [4.78, 5) is 12.2. The van der Waals surface area contributed by atoms with Crippen molar-refractivity contribution in [2.75, 3.05) is 6.54 Å². The van der Waals surface area contributed by atoms with E-state index < -0.39 is 0 Å². The maximum Gasteiger partial charge on any atom is 0.252 e. The maximum absolute atomic E-state index is 12.2. The Balaban J connectivity index is 1.89. The summed E-state index contributed by atoms with van der Waals surface area (Å²) in [5.74, 6) is 0.464. The molecule has 2 aromatic rings. The Morgan fingerprint density at radius 3 is 2.57 bits per heavy atom. The third-order valence-corrected chi connectivity index (χ3v) is 5.10. The second-order valence-electron chi connectivity index (χ2n) is 5.29. The highest BCUT2D eigenvalue weighted by Gasteiger charge is 2.11. The first-order valence-electron chi connectivity index (χ1n) is 7.18. The Hall–Kier alpha value is -1.36. The SMILES string of the molecule is Cc1cccc(C(=O)NCCC(C)c2ccccc2)c1I. The van der Waals surface area contributed by atoms with Crippen LogP contribution < -0.4 is 5.32 Å². The molecule has 21 heavy (non-hydrogen) atoms. The minimum atomic E-state index is 0.0170. The van der Waals surface area contributed by atoms with E-state index in [0.717, 1.165) is 21.1 Å². The van der Waals surface area contributed by atoms with Crippen LogP contribution in [-0.4, -0.2) is 12.5 Å². The molecule has 2 rings (SSSR count). The van der Waals surface area contributed by atoms with E-state index in [2.05, 4.69) is 59.1 Å². The fourth-order valence-electron chi connectivity index (χ4n) is 2.27. The fraction of sp³-hybridized carbons (Fsp3) is 0.278. The molecule has 1 N–H and O–H groups in total. The lowest BCUT2D eigenvalue weighted by Gasteiger charge is -2.13. The van der Waals surface area contributed by atoms with Gasteiger partial charge in [-0.2, -0.15) is 0 Å². The van der Waals surface area contributed by atoms with Crippen LogP contribution in [0.15, 0.2) is 48.5 Å². The van der Waals surface area contributed by atoms with Gasteiger partial charge in [0.1, 0.15) is 0 Å². The fourth-order valence-corrected chi connectivity index (χ4v) is 2.87. The van der Waals surface area contributed by atoms with Crippen LogP contribution in [0.3, 0.4) is 0 Å². The molecule has 0 aromatic heterocycles. The Labute approximate surface area is 140 Å². The molecule has 0 heterocycles. The molecule has 0 aliphatic carbocycles. The van der Waals surface area contributed by atoms with Crippen molar-refractivity contribution in [2.45, 2.75) is 26.2 Å². The van der Waals surface area contributed by atoms with Crippen LogP contribution in [0.1, 0.15) is 40.7 Å². The van der Waals surface area contributed by atoms with E-state index >= 15 is 0 Å².